The van der Waals surface area contributed by atoms with Crippen LogP contribution in [0.25, 0.3) is 0 Å². The number of phenols is 1. The highest BCUT2D eigenvalue weighted by Crippen LogP contribution is 2.66. The number of benzene rings is 3. The van der Waals surface area contributed by atoms with E-state index in [9.17, 15) is 28.7 Å². The molecule has 11 heteroatoms. The summed E-state index contributed by atoms with van der Waals surface area (Å²) < 4.78 is 13.8. The number of amides is 4. The molecule has 2 heterocycles. The Labute approximate surface area is 273 Å². The summed E-state index contributed by atoms with van der Waals surface area (Å²) in [6.07, 6.45) is 2.60. The number of anilines is 2. The van der Waals surface area contributed by atoms with E-state index < -0.39 is 57.0 Å². The fourth-order valence-corrected chi connectivity index (χ4v) is 8.84. The van der Waals surface area contributed by atoms with Crippen molar-refractivity contribution in [1.29, 1.82) is 0 Å². The van der Waals surface area contributed by atoms with Gasteiger partial charge in [-0.3, -0.25) is 24.1 Å². The van der Waals surface area contributed by atoms with Crippen molar-refractivity contribution in [1.82, 2.24) is 0 Å². The van der Waals surface area contributed by atoms with E-state index >= 15 is 0 Å². The van der Waals surface area contributed by atoms with Gasteiger partial charge in [0.1, 0.15) is 11.6 Å². The molecule has 230 valence electrons. The number of alkyl halides is 2. The number of phenolic OH excluding ortho intramolecular Hbond substituents is 1. The van der Waals surface area contributed by atoms with Gasteiger partial charge in [-0.25, -0.2) is 9.29 Å². The van der Waals surface area contributed by atoms with Crippen LogP contribution in [0.5, 0.6) is 5.75 Å². The number of halogens is 4. The quantitative estimate of drug-likeness (QED) is 0.194. The first-order valence-corrected chi connectivity index (χ1v) is 15.7. The third-order valence-corrected chi connectivity index (χ3v) is 11.5. The fraction of sp³-hybridized carbons (Fsp3) is 0.294. The predicted octanol–water partition coefficient (Wildman–Crippen LogP) is 6.52. The largest absolute Gasteiger partial charge is 0.508 e. The maximum Gasteiger partial charge on any atom is 0.258 e. The number of aromatic hydroxyl groups is 1. The molecule has 4 aliphatic rings. The minimum atomic E-state index is -2.11. The molecule has 1 saturated carbocycles. The van der Waals surface area contributed by atoms with Gasteiger partial charge in [-0.05, 0) is 84.8 Å². The Kier molecular flexibility index (Phi) is 6.93. The van der Waals surface area contributed by atoms with Gasteiger partial charge in [-0.15, -0.1) is 23.2 Å². The Bertz CT molecular complexity index is 1830. The molecule has 7 nitrogen and oxygen atoms in total. The van der Waals surface area contributed by atoms with Gasteiger partial charge in [0.15, 0.2) is 9.75 Å². The number of aryl methyl sites for hydroxylation is 1. The predicted molar refractivity (Wildman–Crippen MR) is 168 cm³/mol. The number of allylic oxidation sites excluding steroid dienone is 2. The molecule has 4 amide bonds. The minimum Gasteiger partial charge on any atom is -0.508 e. The SMILES string of the molecule is CCc1ccc(N2C(=O)C3CC=C4C(CC5(Cl)C(=O)N(c6ccc(F)cc6)C(=O)C5(Cl)C4c4ccc(O)cc4Cl)C3C2=O)cc1. The van der Waals surface area contributed by atoms with E-state index in [1.165, 1.54) is 35.2 Å². The molecular formula is C34H26Cl3FN2O5. The van der Waals surface area contributed by atoms with Gasteiger partial charge in [0.25, 0.3) is 11.8 Å². The Hall–Kier alpha value is -3.72. The zero-order chi connectivity index (χ0) is 32.0. The molecule has 2 aliphatic heterocycles. The van der Waals surface area contributed by atoms with Crippen LogP contribution < -0.4 is 9.80 Å². The highest BCUT2D eigenvalue weighted by atomic mass is 35.5. The molecule has 7 rings (SSSR count). The first-order valence-electron chi connectivity index (χ1n) is 14.6. The van der Waals surface area contributed by atoms with E-state index in [4.69, 9.17) is 34.8 Å². The lowest BCUT2D eigenvalue weighted by Gasteiger charge is -2.50. The van der Waals surface area contributed by atoms with E-state index in [0.717, 1.165) is 29.0 Å². The molecule has 3 aromatic carbocycles. The highest BCUT2D eigenvalue weighted by molar-refractivity contribution is 6.58. The molecule has 1 N–H and O–H groups in total. The first kappa shape index (κ1) is 30.0. The lowest BCUT2D eigenvalue weighted by molar-refractivity contribution is -0.125. The van der Waals surface area contributed by atoms with Gasteiger partial charge < -0.3 is 5.11 Å². The second kappa shape index (κ2) is 10.4. The number of imide groups is 2. The summed E-state index contributed by atoms with van der Waals surface area (Å²) >= 11 is 21.4. The van der Waals surface area contributed by atoms with Crippen molar-refractivity contribution >= 4 is 69.8 Å². The second-order valence-electron chi connectivity index (χ2n) is 12.0. The van der Waals surface area contributed by atoms with Gasteiger partial charge in [-0.1, -0.05) is 48.4 Å². The summed E-state index contributed by atoms with van der Waals surface area (Å²) in [5, 5.41) is 10.2. The van der Waals surface area contributed by atoms with Crippen molar-refractivity contribution in [3.8, 4) is 5.75 Å². The fourth-order valence-electron chi connectivity index (χ4n) is 7.63. The van der Waals surface area contributed by atoms with Crippen molar-refractivity contribution in [2.24, 2.45) is 17.8 Å². The maximum atomic E-state index is 14.4. The van der Waals surface area contributed by atoms with Gasteiger partial charge in [0.2, 0.25) is 11.8 Å². The average Bonchev–Trinajstić information content (AvgIpc) is 3.36. The maximum absolute atomic E-state index is 14.4. The van der Waals surface area contributed by atoms with E-state index in [1.807, 2.05) is 25.1 Å². The van der Waals surface area contributed by atoms with Gasteiger partial charge in [0.05, 0.1) is 23.2 Å². The van der Waals surface area contributed by atoms with Crippen molar-refractivity contribution in [2.45, 2.75) is 41.9 Å². The molecular weight excluding hydrogens is 642 g/mol. The molecule has 0 aromatic heterocycles. The van der Waals surface area contributed by atoms with Gasteiger partial charge in [0, 0.05) is 10.9 Å². The molecule has 2 aliphatic carbocycles. The van der Waals surface area contributed by atoms with Crippen molar-refractivity contribution in [3.05, 3.63) is 100 Å². The third kappa shape index (κ3) is 4.08. The van der Waals surface area contributed by atoms with Crippen LogP contribution in [0.3, 0.4) is 0 Å². The molecule has 0 spiro atoms. The normalized spacial score (nSPS) is 30.7. The first-order chi connectivity index (χ1) is 21.4. The van der Waals surface area contributed by atoms with E-state index in [-0.39, 0.29) is 35.2 Å². The van der Waals surface area contributed by atoms with Gasteiger partial charge in [-0.2, -0.15) is 0 Å². The van der Waals surface area contributed by atoms with Crippen molar-refractivity contribution in [2.75, 3.05) is 9.80 Å². The second-order valence-corrected chi connectivity index (χ2v) is 13.6. The highest BCUT2D eigenvalue weighted by Gasteiger charge is 2.76. The zero-order valence-corrected chi connectivity index (χ0v) is 26.1. The third-order valence-electron chi connectivity index (χ3n) is 9.79. The summed E-state index contributed by atoms with van der Waals surface area (Å²) in [6.45, 7) is 2.01. The summed E-state index contributed by atoms with van der Waals surface area (Å²) in [5.41, 5.74) is 2.49. The lowest BCUT2D eigenvalue weighted by Crippen LogP contribution is -2.60. The summed E-state index contributed by atoms with van der Waals surface area (Å²) in [4.78, 5) is 54.5. The summed E-state index contributed by atoms with van der Waals surface area (Å²) in [7, 11) is 0. The van der Waals surface area contributed by atoms with Gasteiger partial charge >= 0.3 is 0 Å². The minimum absolute atomic E-state index is 0.0784. The number of fused-ring (bicyclic) bond motifs is 4. The Morgan fingerprint density at radius 2 is 1.51 bits per heavy atom. The molecule has 2 saturated heterocycles. The number of hydrogen-bond acceptors (Lipinski definition) is 5. The van der Waals surface area contributed by atoms with E-state index in [1.54, 1.807) is 12.1 Å². The zero-order valence-electron chi connectivity index (χ0n) is 23.8. The summed E-state index contributed by atoms with van der Waals surface area (Å²) in [6, 6.07) is 16.2. The number of carbonyl (C=O) groups excluding carboxylic acids is 4. The van der Waals surface area contributed by atoms with Crippen LogP contribution in [0.1, 0.15) is 36.8 Å². The van der Waals surface area contributed by atoms with Crippen molar-refractivity contribution in [3.63, 3.8) is 0 Å². The Morgan fingerprint density at radius 1 is 0.867 bits per heavy atom. The molecule has 0 radical (unpaired) electrons. The molecule has 45 heavy (non-hydrogen) atoms. The number of nitrogens with zero attached hydrogens (tertiary/aromatic N) is 2. The van der Waals surface area contributed by atoms with Crippen LogP contribution in [0.2, 0.25) is 5.02 Å². The lowest BCUT2D eigenvalue weighted by atomic mass is 9.56. The van der Waals surface area contributed by atoms with Crippen LogP contribution in [0.15, 0.2) is 78.4 Å². The average molecular weight is 668 g/mol. The molecule has 3 fully saturated rings. The number of hydrogen-bond donors (Lipinski definition) is 1. The van der Waals surface area contributed by atoms with Crippen LogP contribution >= 0.6 is 34.8 Å². The van der Waals surface area contributed by atoms with Crippen LogP contribution in [0, 0.1) is 23.6 Å². The van der Waals surface area contributed by atoms with Crippen LogP contribution in [0.4, 0.5) is 15.8 Å². The molecule has 3 aromatic rings. The smallest absolute Gasteiger partial charge is 0.258 e. The number of rotatable bonds is 4. The van der Waals surface area contributed by atoms with Crippen LogP contribution in [-0.2, 0) is 25.6 Å². The van der Waals surface area contributed by atoms with Crippen LogP contribution in [-0.4, -0.2) is 38.5 Å². The Balaban J connectivity index is 1.39. The standard InChI is InChI=1S/C34H26Cl3FN2O5/c1-2-17-3-7-19(8-4-17)39-29(42)24-14-13-22-25(27(24)30(39)43)16-33(36)31(44)40(20-9-5-18(38)6-10-20)32(45)34(33,37)28(22)23-12-11-21(41)15-26(23)35/h3-13,15,24-25,27-28,41H,2,14,16H2,1H3. The van der Waals surface area contributed by atoms with E-state index in [0.29, 0.717) is 16.8 Å². The monoisotopic (exact) mass is 666 g/mol. The molecule has 0 bridgehead atoms. The topological polar surface area (TPSA) is 95.0 Å². The number of carbonyl (C=O) groups is 4. The Morgan fingerprint density at radius 3 is 2.16 bits per heavy atom. The molecule has 6 atom stereocenters. The summed E-state index contributed by atoms with van der Waals surface area (Å²) in [5.74, 6) is -6.54. The van der Waals surface area contributed by atoms with Crippen molar-refractivity contribution < 1.29 is 28.7 Å². The van der Waals surface area contributed by atoms with E-state index in [2.05, 4.69) is 0 Å². The molecule has 6 unspecified atom stereocenters.